The van der Waals surface area contributed by atoms with Gasteiger partial charge in [-0.25, -0.2) is 0 Å². The van der Waals surface area contributed by atoms with Crippen LogP contribution in [0.5, 0.6) is 5.75 Å². The molecule has 2 unspecified atom stereocenters. The van der Waals surface area contributed by atoms with Gasteiger partial charge in [-0.3, -0.25) is 29.7 Å². The molecular formula is C96H87Cl5N10O5. The highest BCUT2D eigenvalue weighted by Crippen LogP contribution is 2.45. The number of benzene rings is 5. The first-order valence-corrected chi connectivity index (χ1v) is 41.8. The van der Waals surface area contributed by atoms with Crippen molar-refractivity contribution in [2.75, 3.05) is 39.3 Å². The molecule has 0 spiro atoms. The molecule has 20 rings (SSSR count). The molecule has 3 N–H and O–H groups in total. The van der Waals surface area contributed by atoms with E-state index in [1.165, 1.54) is 123 Å². The highest BCUT2D eigenvalue weighted by molar-refractivity contribution is 6.32. The van der Waals surface area contributed by atoms with Crippen LogP contribution in [0.4, 0.5) is 0 Å². The number of aromatic hydroxyl groups is 1. The third kappa shape index (κ3) is 17.8. The van der Waals surface area contributed by atoms with Crippen molar-refractivity contribution in [2.24, 2.45) is 0 Å². The number of pyridine rings is 7. The first-order chi connectivity index (χ1) is 56.7. The highest BCUT2D eigenvalue weighted by atomic mass is 35.5. The monoisotopic (exact) mass is 1630 g/mol. The van der Waals surface area contributed by atoms with Crippen LogP contribution in [0.2, 0.25) is 25.1 Å². The van der Waals surface area contributed by atoms with E-state index in [0.29, 0.717) is 28.4 Å². The van der Waals surface area contributed by atoms with Gasteiger partial charge in [0.1, 0.15) is 0 Å². The molecule has 15 nitrogen and oxygen atoms in total. The van der Waals surface area contributed by atoms with E-state index < -0.39 is 0 Å². The second kappa shape index (κ2) is 36.4. The number of hydroxylamine groups is 2. The number of aromatic nitrogens is 7. The number of likely N-dealkylation sites (tertiary alicyclic amines) is 1. The van der Waals surface area contributed by atoms with Gasteiger partial charge in [-0.05, 0) is 296 Å². The molecule has 3 fully saturated rings. The van der Waals surface area contributed by atoms with Crippen LogP contribution in [-0.2, 0) is 69.0 Å². The number of halogens is 5. The van der Waals surface area contributed by atoms with Gasteiger partial charge < -0.3 is 30.9 Å². The van der Waals surface area contributed by atoms with Crippen LogP contribution in [0, 0.1) is 10.4 Å². The quantitative estimate of drug-likeness (QED) is 0.0862. The topological polar surface area (TPSA) is 194 Å². The second-order valence-corrected chi connectivity index (χ2v) is 32.7. The Morgan fingerprint density at radius 3 is 1.17 bits per heavy atom. The lowest BCUT2D eigenvalue weighted by atomic mass is 9.85. The Morgan fingerprint density at radius 2 is 0.733 bits per heavy atom. The van der Waals surface area contributed by atoms with Crippen LogP contribution in [0.3, 0.4) is 0 Å². The van der Waals surface area contributed by atoms with Gasteiger partial charge in [0.2, 0.25) is 12.6 Å². The smallest absolute Gasteiger partial charge is 0.222 e. The fraction of sp³-hybridized carbons (Fsp3) is 0.250. The molecule has 10 heterocycles. The first-order valence-electron chi connectivity index (χ1n) is 39.9. The maximum absolute atomic E-state index is 11.5. The van der Waals surface area contributed by atoms with E-state index in [4.69, 9.17) is 73.0 Å². The molecule has 5 aliphatic carbocycles. The van der Waals surface area contributed by atoms with Crippen molar-refractivity contribution in [3.8, 4) is 5.75 Å². The van der Waals surface area contributed by atoms with Gasteiger partial charge in [0.15, 0.2) is 24.3 Å². The molecule has 8 aliphatic rings. The van der Waals surface area contributed by atoms with Crippen molar-refractivity contribution in [1.29, 1.82) is 0 Å². The van der Waals surface area contributed by atoms with Gasteiger partial charge in [-0.2, -0.15) is 14.5 Å². The fourth-order valence-electron chi connectivity index (χ4n) is 17.9. The second-order valence-electron chi connectivity index (χ2n) is 30.5. The zero-order valence-electron chi connectivity index (χ0n) is 64.2. The number of nitrogens with one attached hydrogen (secondary N) is 1. The van der Waals surface area contributed by atoms with E-state index in [9.17, 15) is 25.5 Å². The molecule has 12 aromatic rings. The highest BCUT2D eigenvalue weighted by Gasteiger charge is 2.33. The predicted octanol–water partition coefficient (Wildman–Crippen LogP) is 19.0. The Morgan fingerprint density at radius 1 is 0.379 bits per heavy atom. The molecule has 0 bridgehead atoms. The number of aryl methyl sites for hydroxylation is 10. The number of amides is 1. The minimum absolute atomic E-state index is 0.0298. The molecule has 20 heteroatoms. The van der Waals surface area contributed by atoms with E-state index in [1.807, 2.05) is 121 Å². The Labute approximate surface area is 701 Å². The summed E-state index contributed by atoms with van der Waals surface area (Å²) in [6, 6.07) is 56.8. The molecule has 3 aliphatic heterocycles. The summed E-state index contributed by atoms with van der Waals surface area (Å²) in [4.78, 5) is 36.3. The lowest BCUT2D eigenvalue weighted by molar-refractivity contribution is -0.606. The van der Waals surface area contributed by atoms with Crippen molar-refractivity contribution < 1.29 is 24.6 Å². The SMILES string of the molecule is Clc1ccc2c(c1)CCc1cccnc1C2=C1CCNCC1.O=CN1CCC(=C2c3ccc(Cl)cc3CCc3cccnc32)CC1.ON1CCC(=C2c3ccc(Cl)cc3CCc3cccnc32)CC1.[O-][n+]1ccc(C2c3ccc(Cl)cc3CCc3cccnc32)c(O)c1.[O-][n+]1ccc(C2c3ccc(Cl)cc3CCc3cccnc32)cc1. The Balaban J connectivity index is 0.000000109. The van der Waals surface area contributed by atoms with Gasteiger partial charge in [-0.1, -0.05) is 135 Å². The van der Waals surface area contributed by atoms with Crippen molar-refractivity contribution >= 4 is 81.1 Å². The number of carbonyl (C=O) groups is 1. The number of hydrogen-bond acceptors (Lipinski definition) is 12. The number of fused-ring (bicyclic) bond motifs is 10. The summed E-state index contributed by atoms with van der Waals surface area (Å²) in [6.07, 6.45) is 31.3. The fourth-order valence-corrected chi connectivity index (χ4v) is 18.8. The van der Waals surface area contributed by atoms with Gasteiger partial charge in [0.05, 0.1) is 40.3 Å². The maximum atomic E-state index is 11.5. The van der Waals surface area contributed by atoms with E-state index in [0.717, 1.165) is 205 Å². The average Bonchev–Trinajstić information content (AvgIpc) is 1.57. The molecule has 0 saturated carbocycles. The number of carbonyl (C=O) groups excluding carboxylic acids is 1. The third-order valence-corrected chi connectivity index (χ3v) is 24.7. The Hall–Kier alpha value is -10.4. The molecule has 2 atom stereocenters. The number of nitrogens with zero attached hydrogens (tertiary/aromatic N) is 9. The average molecular weight is 1640 g/mol. The lowest BCUT2D eigenvalue weighted by Gasteiger charge is -2.27. The van der Waals surface area contributed by atoms with Crippen LogP contribution in [0.15, 0.2) is 242 Å². The summed E-state index contributed by atoms with van der Waals surface area (Å²) in [5.74, 6) is -0.226. The van der Waals surface area contributed by atoms with Crippen molar-refractivity contribution in [2.45, 2.75) is 115 Å². The standard InChI is InChI=1S/C20H19ClN2O.C19H15ClN2O2.C19H19ClN2O.C19H15ClN2O.C19H19ClN2/c21-17-5-6-18-16(12-17)4-3-15-2-1-9-22-20(15)19(18)14-7-10-23(13-24)11-8-14;20-14-5-6-15-13(10-14)4-3-12-2-1-8-21-19(12)18(15)16-7-9-22(24)11-17(16)23;2*20-16-5-6-17-15(12-16)4-3-14-2-1-9-21-19(14)18(17)13-7-10-22(23)11-8-13;20-16-5-6-17-15(12-16)4-3-14-2-1-9-22-19(14)18(17)13-7-10-21-11-8-13/h1-2,5-6,9,12-13H,3-4,7-8,10-11H2;1-2,5-11,18,23H,3-4H2;1-2,5-6,9,12,23H,3-4,7-8,10-11H2;1-2,5-12,18H,3-4H2;1-2,5-6,9,12,21H,3-4,7-8,10-11H2. The normalized spacial score (nSPS) is 17.1. The van der Waals surface area contributed by atoms with Crippen molar-refractivity contribution in [3.05, 3.63) is 401 Å². The van der Waals surface area contributed by atoms with E-state index >= 15 is 0 Å². The molecule has 1 amide bonds. The lowest BCUT2D eigenvalue weighted by Crippen LogP contribution is -2.29. The number of rotatable bonds is 3. The zero-order chi connectivity index (χ0) is 79.8. The molecule has 5 aromatic carbocycles. The molecule has 0 radical (unpaired) electrons. The molecule has 116 heavy (non-hydrogen) atoms. The minimum atomic E-state index is -0.225. The predicted molar refractivity (Wildman–Crippen MR) is 459 cm³/mol. The zero-order valence-corrected chi connectivity index (χ0v) is 68.0. The summed E-state index contributed by atoms with van der Waals surface area (Å²) in [7, 11) is 0. The summed E-state index contributed by atoms with van der Waals surface area (Å²) >= 11 is 31.1. The molecular weight excluding hydrogens is 1550 g/mol. The van der Waals surface area contributed by atoms with E-state index in [2.05, 4.69) is 88.1 Å². The summed E-state index contributed by atoms with van der Waals surface area (Å²) in [5.41, 5.74) is 34.1. The number of hydrogen-bond donors (Lipinski definition) is 3. The van der Waals surface area contributed by atoms with Gasteiger partial charge >= 0.3 is 0 Å². The van der Waals surface area contributed by atoms with Crippen LogP contribution in [-0.4, -0.2) is 90.9 Å². The molecule has 3 saturated heterocycles. The Kier molecular flexibility index (Phi) is 24.9. The number of piperidine rings is 3. The summed E-state index contributed by atoms with van der Waals surface area (Å²) < 4.78 is 1.40. The summed E-state index contributed by atoms with van der Waals surface area (Å²) in [6.45, 7) is 5.06. The van der Waals surface area contributed by atoms with E-state index in [1.54, 1.807) is 24.7 Å². The largest absolute Gasteiger partial charge is 0.619 e. The molecule has 586 valence electrons. The van der Waals surface area contributed by atoms with Gasteiger partial charge in [-0.15, -0.1) is 0 Å². The van der Waals surface area contributed by atoms with Crippen molar-refractivity contribution in [1.82, 2.24) is 40.2 Å². The van der Waals surface area contributed by atoms with Crippen LogP contribution < -0.4 is 14.8 Å². The van der Waals surface area contributed by atoms with Crippen LogP contribution in [0.25, 0.3) is 16.7 Å². The van der Waals surface area contributed by atoms with Crippen LogP contribution in [0.1, 0.15) is 173 Å². The maximum Gasteiger partial charge on any atom is 0.222 e. The van der Waals surface area contributed by atoms with Crippen LogP contribution >= 0.6 is 58.0 Å². The molecule has 7 aromatic heterocycles. The van der Waals surface area contributed by atoms with Gasteiger partial charge in [0.25, 0.3) is 0 Å². The summed E-state index contributed by atoms with van der Waals surface area (Å²) in [5, 5.41) is 51.6. The Bertz CT molecular complexity index is 5750. The third-order valence-electron chi connectivity index (χ3n) is 23.5. The van der Waals surface area contributed by atoms with Gasteiger partial charge in [0, 0.05) is 123 Å². The van der Waals surface area contributed by atoms with E-state index in [-0.39, 0.29) is 17.6 Å². The minimum Gasteiger partial charge on any atom is -0.619 e. The van der Waals surface area contributed by atoms with Crippen molar-refractivity contribution in [3.63, 3.8) is 0 Å². The first kappa shape index (κ1) is 79.4.